The molecule has 0 saturated heterocycles. The summed E-state index contributed by atoms with van der Waals surface area (Å²) >= 11 is 18.6. The first-order valence-corrected chi connectivity index (χ1v) is 11.6. The van der Waals surface area contributed by atoms with Crippen molar-refractivity contribution in [1.82, 2.24) is 0 Å². The van der Waals surface area contributed by atoms with Crippen LogP contribution in [0.1, 0.15) is 25.0 Å². The van der Waals surface area contributed by atoms with Gasteiger partial charge in [-0.25, -0.2) is 4.99 Å². The smallest absolute Gasteiger partial charge is 0.284 e. The highest BCUT2D eigenvalue weighted by atomic mass is 35.5. The predicted octanol–water partition coefficient (Wildman–Crippen LogP) is 5.83. The van der Waals surface area contributed by atoms with Crippen LogP contribution in [0.2, 0.25) is 5.02 Å². The number of aryl methyl sites for hydroxylation is 1. The number of carbonyl (C=O) groups is 1. The second-order valence-corrected chi connectivity index (χ2v) is 9.67. The number of allylic oxidation sites excluding steroid dienone is 4. The van der Waals surface area contributed by atoms with E-state index >= 15 is 0 Å². The highest BCUT2D eigenvalue weighted by Gasteiger charge is 2.28. The molecule has 0 heterocycles. The van der Waals surface area contributed by atoms with Gasteiger partial charge in [0, 0.05) is 21.7 Å². The van der Waals surface area contributed by atoms with Crippen LogP contribution in [0.25, 0.3) is 0 Å². The van der Waals surface area contributed by atoms with Crippen molar-refractivity contribution >= 4 is 62.2 Å². The molecule has 2 aromatic carbocycles. The van der Waals surface area contributed by atoms with Gasteiger partial charge < -0.3 is 0 Å². The van der Waals surface area contributed by atoms with E-state index < -0.39 is 10.0 Å². The Bertz CT molecular complexity index is 1260. The van der Waals surface area contributed by atoms with Gasteiger partial charge in [-0.1, -0.05) is 52.5 Å². The van der Waals surface area contributed by atoms with Gasteiger partial charge in [0.2, 0.25) is 0 Å². The Morgan fingerprint density at radius 3 is 1.84 bits per heavy atom. The molecule has 0 radical (unpaired) electrons. The number of sulfonamides is 1. The summed E-state index contributed by atoms with van der Waals surface area (Å²) in [6.45, 7) is 4.95. The summed E-state index contributed by atoms with van der Waals surface area (Å²) in [6, 6.07) is 12.6. The van der Waals surface area contributed by atoms with Crippen molar-refractivity contribution in [3.05, 3.63) is 85.9 Å². The van der Waals surface area contributed by atoms with E-state index in [1.54, 1.807) is 50.2 Å². The molecule has 0 saturated carbocycles. The van der Waals surface area contributed by atoms with Gasteiger partial charge in [-0.3, -0.25) is 4.79 Å². The first-order valence-electron chi connectivity index (χ1n) is 9.05. The van der Waals surface area contributed by atoms with Crippen LogP contribution in [0.3, 0.4) is 0 Å². The zero-order valence-corrected chi connectivity index (χ0v) is 19.9. The average molecular weight is 496 g/mol. The predicted molar refractivity (Wildman–Crippen MR) is 126 cm³/mol. The Morgan fingerprint density at radius 2 is 1.32 bits per heavy atom. The Labute approximate surface area is 195 Å². The van der Waals surface area contributed by atoms with Gasteiger partial charge in [0.25, 0.3) is 10.0 Å². The second-order valence-electron chi connectivity index (χ2n) is 6.88. The van der Waals surface area contributed by atoms with E-state index in [9.17, 15) is 13.2 Å². The minimum atomic E-state index is -4.10. The highest BCUT2D eigenvalue weighted by molar-refractivity contribution is 7.90. The normalized spacial score (nSPS) is 15.6. The molecule has 0 atom stereocenters. The Morgan fingerprint density at radius 1 is 0.806 bits per heavy atom. The lowest BCUT2D eigenvalue weighted by Crippen LogP contribution is -2.19. The van der Waals surface area contributed by atoms with Crippen LogP contribution in [-0.2, 0) is 14.8 Å². The summed E-state index contributed by atoms with van der Waals surface area (Å²) < 4.78 is 29.9. The quantitative estimate of drug-likeness (QED) is 0.305. The molecule has 0 spiro atoms. The van der Waals surface area contributed by atoms with Crippen molar-refractivity contribution in [3.63, 3.8) is 0 Å². The summed E-state index contributed by atoms with van der Waals surface area (Å²) in [6.07, 6.45) is 0. The largest absolute Gasteiger partial charge is 0.289 e. The van der Waals surface area contributed by atoms with Crippen molar-refractivity contribution in [2.24, 2.45) is 9.39 Å². The summed E-state index contributed by atoms with van der Waals surface area (Å²) in [5.74, 6) is -0.440. The van der Waals surface area contributed by atoms with Gasteiger partial charge in [0.05, 0.1) is 15.0 Å². The van der Waals surface area contributed by atoms with E-state index in [1.165, 1.54) is 12.1 Å². The third kappa shape index (κ3) is 4.99. The molecule has 1 aliphatic carbocycles. The maximum atomic E-state index is 13.0. The van der Waals surface area contributed by atoms with Crippen molar-refractivity contribution in [2.75, 3.05) is 0 Å². The number of halogens is 3. The van der Waals surface area contributed by atoms with Crippen LogP contribution in [0, 0.1) is 6.92 Å². The summed E-state index contributed by atoms with van der Waals surface area (Å²) in [5, 5.41) is 0.535. The molecular weight excluding hydrogens is 479 g/mol. The van der Waals surface area contributed by atoms with Crippen LogP contribution in [0.5, 0.6) is 0 Å². The number of hydrogen-bond donors (Lipinski definition) is 0. The van der Waals surface area contributed by atoms with Crippen LogP contribution < -0.4 is 0 Å². The summed E-state index contributed by atoms with van der Waals surface area (Å²) in [5.41, 5.74) is 1.89. The Balaban J connectivity index is 2.24. The summed E-state index contributed by atoms with van der Waals surface area (Å²) in [7, 11) is -4.10. The average Bonchev–Trinajstić information content (AvgIpc) is 2.74. The zero-order valence-electron chi connectivity index (χ0n) is 16.8. The standard InChI is InChI=1S/C22H17Cl3N2O3S/c1-12-4-10-17(11-5-12)31(29,30)27-22(15-6-8-16(23)9-7-15)26-20-18(24)13(2)21(28)14(3)19(20)25/h4-11H,1-3H3/b27-22+. The van der Waals surface area contributed by atoms with E-state index in [4.69, 9.17) is 34.8 Å². The number of hydrogen-bond acceptors (Lipinski definition) is 3. The number of benzene rings is 2. The third-order valence-corrected chi connectivity index (χ3v) is 7.06. The number of carbonyl (C=O) groups excluding carboxylic acids is 1. The van der Waals surface area contributed by atoms with E-state index in [2.05, 4.69) is 9.39 Å². The van der Waals surface area contributed by atoms with Gasteiger partial charge in [0.15, 0.2) is 11.6 Å². The van der Waals surface area contributed by atoms with Crippen molar-refractivity contribution in [1.29, 1.82) is 0 Å². The Hall–Kier alpha value is -2.25. The number of nitrogens with zero attached hydrogens (tertiary/aromatic N) is 2. The molecule has 0 amide bonds. The maximum Gasteiger partial charge on any atom is 0.284 e. The van der Waals surface area contributed by atoms with Gasteiger partial charge in [-0.15, -0.1) is 4.40 Å². The molecule has 160 valence electrons. The fourth-order valence-electron chi connectivity index (χ4n) is 2.75. The first-order chi connectivity index (χ1) is 14.5. The molecule has 5 nitrogen and oxygen atoms in total. The molecule has 31 heavy (non-hydrogen) atoms. The zero-order chi connectivity index (χ0) is 22.9. The molecule has 9 heteroatoms. The Kier molecular flexibility index (Phi) is 6.86. The third-order valence-electron chi connectivity index (χ3n) is 4.60. The number of amidine groups is 1. The van der Waals surface area contributed by atoms with E-state index in [0.29, 0.717) is 10.6 Å². The monoisotopic (exact) mass is 494 g/mol. The molecule has 0 N–H and O–H groups in total. The lowest BCUT2D eigenvalue weighted by atomic mass is 9.97. The lowest BCUT2D eigenvalue weighted by Gasteiger charge is -2.16. The molecule has 0 bridgehead atoms. The fourth-order valence-corrected chi connectivity index (χ4v) is 4.33. The SMILES string of the molecule is CC1=C(Cl)C(=N/C(=N/S(=O)(=O)c2ccc(C)cc2)c2ccc(Cl)cc2)C(Cl)=C(C)C1=O. The van der Waals surface area contributed by atoms with Crippen LogP contribution in [-0.4, -0.2) is 25.7 Å². The molecule has 0 aromatic heterocycles. The van der Waals surface area contributed by atoms with Crippen LogP contribution in [0.15, 0.2) is 84.0 Å². The first kappa shape index (κ1) is 23.4. The van der Waals surface area contributed by atoms with E-state index in [0.717, 1.165) is 5.56 Å². The number of rotatable bonds is 3. The molecule has 0 fully saturated rings. The van der Waals surface area contributed by atoms with Crippen molar-refractivity contribution in [2.45, 2.75) is 25.7 Å². The van der Waals surface area contributed by atoms with Gasteiger partial charge >= 0.3 is 0 Å². The molecule has 0 aliphatic heterocycles. The van der Waals surface area contributed by atoms with E-state index in [1.807, 2.05) is 6.92 Å². The van der Waals surface area contributed by atoms with Crippen molar-refractivity contribution in [3.8, 4) is 0 Å². The second kappa shape index (κ2) is 9.09. The van der Waals surface area contributed by atoms with Crippen LogP contribution in [0.4, 0.5) is 0 Å². The van der Waals surface area contributed by atoms with Crippen molar-refractivity contribution < 1.29 is 13.2 Å². The fraction of sp³-hybridized carbons (Fsp3) is 0.136. The molecule has 2 aromatic rings. The van der Waals surface area contributed by atoms with Gasteiger partial charge in [-0.05, 0) is 57.2 Å². The van der Waals surface area contributed by atoms with Crippen LogP contribution >= 0.6 is 34.8 Å². The van der Waals surface area contributed by atoms with Gasteiger partial charge in [0.1, 0.15) is 5.71 Å². The number of Topliss-reactive ketones (excluding diaryl/α,β-unsaturated/α-hetero) is 1. The molecule has 1 aliphatic rings. The number of ketones is 1. The maximum absolute atomic E-state index is 13.0. The van der Waals surface area contributed by atoms with Gasteiger partial charge in [-0.2, -0.15) is 8.42 Å². The topological polar surface area (TPSA) is 75.9 Å². The highest BCUT2D eigenvalue weighted by Crippen LogP contribution is 2.30. The minimum Gasteiger partial charge on any atom is -0.289 e. The number of aliphatic imine (C=N–C) groups is 1. The molecular formula is C22H17Cl3N2O3S. The molecule has 0 unspecified atom stereocenters. The lowest BCUT2D eigenvalue weighted by molar-refractivity contribution is -0.112. The van der Waals surface area contributed by atoms with E-state index in [-0.39, 0.29) is 43.4 Å². The molecule has 3 rings (SSSR count). The summed E-state index contributed by atoms with van der Waals surface area (Å²) in [4.78, 5) is 16.6. The minimum absolute atomic E-state index is 0.0132.